The van der Waals surface area contributed by atoms with Crippen molar-refractivity contribution in [1.82, 2.24) is 5.43 Å². The van der Waals surface area contributed by atoms with Gasteiger partial charge in [-0.1, -0.05) is 19.1 Å². The van der Waals surface area contributed by atoms with Crippen LogP contribution in [0, 0.1) is 0 Å². The summed E-state index contributed by atoms with van der Waals surface area (Å²) < 4.78 is 0. The minimum atomic E-state index is -0.131. The first-order valence-corrected chi connectivity index (χ1v) is 6.39. The molecular formula is C12H18N2O2S. The summed E-state index contributed by atoms with van der Waals surface area (Å²) in [6.07, 6.45) is 1.23. The Bertz CT molecular complexity index is 354. The van der Waals surface area contributed by atoms with Gasteiger partial charge in [0, 0.05) is 16.6 Å². The summed E-state index contributed by atoms with van der Waals surface area (Å²) in [5, 5.41) is 9.27. The van der Waals surface area contributed by atoms with E-state index >= 15 is 0 Å². The molecule has 0 bridgehead atoms. The zero-order chi connectivity index (χ0) is 12.7. The molecule has 0 aliphatic heterocycles. The SMILES string of the molecule is CC(CCC(=O)NN)Sc1ccc(CO)cc1. The molecule has 0 saturated carbocycles. The van der Waals surface area contributed by atoms with E-state index in [1.54, 1.807) is 11.8 Å². The van der Waals surface area contributed by atoms with Crippen LogP contribution in [-0.4, -0.2) is 16.3 Å². The minimum Gasteiger partial charge on any atom is -0.392 e. The first kappa shape index (κ1) is 14.0. The number of aliphatic hydroxyl groups is 1. The Balaban J connectivity index is 2.39. The summed E-state index contributed by atoms with van der Waals surface area (Å²) >= 11 is 1.71. The lowest BCUT2D eigenvalue weighted by molar-refractivity contribution is -0.121. The third kappa shape index (κ3) is 5.21. The second-order valence-corrected chi connectivity index (χ2v) is 5.35. The molecule has 1 unspecified atom stereocenters. The van der Waals surface area contributed by atoms with Gasteiger partial charge < -0.3 is 5.11 Å². The highest BCUT2D eigenvalue weighted by atomic mass is 32.2. The van der Waals surface area contributed by atoms with E-state index in [1.807, 2.05) is 24.3 Å². The van der Waals surface area contributed by atoms with Gasteiger partial charge in [0.25, 0.3) is 0 Å². The maximum Gasteiger partial charge on any atom is 0.233 e. The molecule has 94 valence electrons. The highest BCUT2D eigenvalue weighted by Gasteiger charge is 2.07. The lowest BCUT2D eigenvalue weighted by atomic mass is 10.2. The topological polar surface area (TPSA) is 75.4 Å². The van der Waals surface area contributed by atoms with Crippen LogP contribution < -0.4 is 11.3 Å². The Morgan fingerprint density at radius 3 is 2.65 bits per heavy atom. The van der Waals surface area contributed by atoms with Gasteiger partial charge >= 0.3 is 0 Å². The van der Waals surface area contributed by atoms with Gasteiger partial charge in [0.2, 0.25) is 5.91 Å². The molecule has 0 spiro atoms. The van der Waals surface area contributed by atoms with Crippen LogP contribution >= 0.6 is 11.8 Å². The number of hydrazine groups is 1. The number of hydrogen-bond donors (Lipinski definition) is 3. The summed E-state index contributed by atoms with van der Waals surface area (Å²) in [7, 11) is 0. The quantitative estimate of drug-likeness (QED) is 0.311. The van der Waals surface area contributed by atoms with Crippen molar-refractivity contribution in [1.29, 1.82) is 0 Å². The second-order valence-electron chi connectivity index (χ2n) is 3.84. The lowest BCUT2D eigenvalue weighted by Gasteiger charge is -2.10. The molecule has 1 amide bonds. The average Bonchev–Trinajstić information content (AvgIpc) is 2.36. The van der Waals surface area contributed by atoms with E-state index < -0.39 is 0 Å². The molecule has 4 N–H and O–H groups in total. The van der Waals surface area contributed by atoms with E-state index in [1.165, 1.54) is 0 Å². The molecule has 0 saturated heterocycles. The second kappa shape index (κ2) is 7.32. The first-order valence-electron chi connectivity index (χ1n) is 5.51. The minimum absolute atomic E-state index is 0.0666. The highest BCUT2D eigenvalue weighted by molar-refractivity contribution is 7.99. The normalized spacial score (nSPS) is 12.2. The zero-order valence-corrected chi connectivity index (χ0v) is 10.7. The van der Waals surface area contributed by atoms with Crippen LogP contribution in [0.1, 0.15) is 25.3 Å². The fraction of sp³-hybridized carbons (Fsp3) is 0.417. The van der Waals surface area contributed by atoms with Gasteiger partial charge in [0.15, 0.2) is 0 Å². The Morgan fingerprint density at radius 2 is 2.12 bits per heavy atom. The number of aliphatic hydroxyl groups excluding tert-OH is 1. The molecule has 0 radical (unpaired) electrons. The lowest BCUT2D eigenvalue weighted by Crippen LogP contribution is -2.30. The molecule has 17 heavy (non-hydrogen) atoms. The molecule has 0 aliphatic carbocycles. The van der Waals surface area contributed by atoms with Gasteiger partial charge in [0.1, 0.15) is 0 Å². The molecule has 1 aromatic rings. The number of carbonyl (C=O) groups is 1. The Labute approximate surface area is 106 Å². The van der Waals surface area contributed by atoms with Gasteiger partial charge in [-0.05, 0) is 24.1 Å². The van der Waals surface area contributed by atoms with Crippen LogP contribution in [0.3, 0.4) is 0 Å². The third-order valence-corrected chi connectivity index (χ3v) is 3.56. The van der Waals surface area contributed by atoms with Crippen molar-refractivity contribution in [3.8, 4) is 0 Å². The Hall–Kier alpha value is -1.04. The number of nitrogens with two attached hydrogens (primary N) is 1. The van der Waals surface area contributed by atoms with E-state index in [2.05, 4.69) is 12.3 Å². The molecule has 1 aromatic carbocycles. The largest absolute Gasteiger partial charge is 0.392 e. The van der Waals surface area contributed by atoms with Crippen molar-refractivity contribution >= 4 is 17.7 Å². The molecule has 0 aliphatic rings. The first-order chi connectivity index (χ1) is 8.15. The monoisotopic (exact) mass is 254 g/mol. The van der Waals surface area contributed by atoms with E-state index in [0.29, 0.717) is 11.7 Å². The Kier molecular flexibility index (Phi) is 6.04. The number of thioether (sulfide) groups is 1. The molecule has 0 aromatic heterocycles. The molecule has 1 rings (SSSR count). The number of rotatable bonds is 6. The van der Waals surface area contributed by atoms with E-state index in [-0.39, 0.29) is 12.5 Å². The maximum absolute atomic E-state index is 11.0. The molecule has 0 fully saturated rings. The van der Waals surface area contributed by atoms with Crippen LogP contribution in [0.25, 0.3) is 0 Å². The van der Waals surface area contributed by atoms with E-state index in [9.17, 15) is 4.79 Å². The van der Waals surface area contributed by atoms with Crippen molar-refractivity contribution < 1.29 is 9.90 Å². The van der Waals surface area contributed by atoms with E-state index in [0.717, 1.165) is 16.9 Å². The van der Waals surface area contributed by atoms with Crippen LogP contribution in [0.5, 0.6) is 0 Å². The maximum atomic E-state index is 11.0. The van der Waals surface area contributed by atoms with Gasteiger partial charge in [0.05, 0.1) is 6.61 Å². The predicted octanol–water partition coefficient (Wildman–Crippen LogP) is 1.43. The molecule has 1 atom stereocenters. The smallest absolute Gasteiger partial charge is 0.233 e. The molecule has 0 heterocycles. The summed E-state index contributed by atoms with van der Waals surface area (Å²) in [6, 6.07) is 7.77. The fourth-order valence-corrected chi connectivity index (χ4v) is 2.36. The fourth-order valence-electron chi connectivity index (χ4n) is 1.37. The number of benzene rings is 1. The van der Waals surface area contributed by atoms with Gasteiger partial charge in [-0.3, -0.25) is 10.2 Å². The van der Waals surface area contributed by atoms with Crippen LogP contribution in [0.15, 0.2) is 29.2 Å². The van der Waals surface area contributed by atoms with Crippen molar-refractivity contribution in [2.75, 3.05) is 0 Å². The van der Waals surface area contributed by atoms with Gasteiger partial charge in [-0.15, -0.1) is 11.8 Å². The van der Waals surface area contributed by atoms with Crippen LogP contribution in [0.4, 0.5) is 0 Å². The van der Waals surface area contributed by atoms with Crippen LogP contribution in [0.2, 0.25) is 0 Å². The van der Waals surface area contributed by atoms with Gasteiger partial charge in [-0.2, -0.15) is 0 Å². The van der Waals surface area contributed by atoms with Crippen molar-refractivity contribution in [2.45, 2.75) is 36.5 Å². The van der Waals surface area contributed by atoms with Gasteiger partial charge in [-0.25, -0.2) is 5.84 Å². The predicted molar refractivity (Wildman–Crippen MR) is 69.2 cm³/mol. The number of amides is 1. The van der Waals surface area contributed by atoms with Crippen molar-refractivity contribution in [3.05, 3.63) is 29.8 Å². The number of carbonyl (C=O) groups excluding carboxylic acids is 1. The van der Waals surface area contributed by atoms with Crippen molar-refractivity contribution in [3.63, 3.8) is 0 Å². The molecule has 4 nitrogen and oxygen atoms in total. The number of nitrogens with one attached hydrogen (secondary N) is 1. The summed E-state index contributed by atoms with van der Waals surface area (Å²) in [6.45, 7) is 2.14. The summed E-state index contributed by atoms with van der Waals surface area (Å²) in [5.41, 5.74) is 3.03. The molecule has 5 heteroatoms. The van der Waals surface area contributed by atoms with Crippen LogP contribution in [-0.2, 0) is 11.4 Å². The highest BCUT2D eigenvalue weighted by Crippen LogP contribution is 2.26. The summed E-state index contributed by atoms with van der Waals surface area (Å²) in [4.78, 5) is 12.1. The number of hydrogen-bond acceptors (Lipinski definition) is 4. The Morgan fingerprint density at radius 1 is 1.47 bits per heavy atom. The van der Waals surface area contributed by atoms with E-state index in [4.69, 9.17) is 10.9 Å². The average molecular weight is 254 g/mol. The standard InChI is InChI=1S/C12H18N2O2S/c1-9(2-7-12(16)14-13)17-11-5-3-10(8-15)4-6-11/h3-6,9,15H,2,7-8,13H2,1H3,(H,14,16). The summed E-state index contributed by atoms with van der Waals surface area (Å²) in [5.74, 6) is 4.88. The zero-order valence-electron chi connectivity index (χ0n) is 9.85. The van der Waals surface area contributed by atoms with Crippen molar-refractivity contribution in [2.24, 2.45) is 5.84 Å². The third-order valence-electron chi connectivity index (χ3n) is 2.38. The molecular weight excluding hydrogens is 236 g/mol.